The van der Waals surface area contributed by atoms with Crippen molar-refractivity contribution in [2.45, 2.75) is 45.6 Å². The first-order chi connectivity index (χ1) is 12.3. The summed E-state index contributed by atoms with van der Waals surface area (Å²) in [5, 5.41) is 3.41. The van der Waals surface area contributed by atoms with E-state index in [0.717, 1.165) is 43.9 Å². The highest BCUT2D eigenvalue weighted by molar-refractivity contribution is 5.54. The minimum absolute atomic E-state index is 0.551. The maximum Gasteiger partial charge on any atom is 0.213 e. The molecule has 1 aliphatic heterocycles. The number of nitrogens with zero attached hydrogens (tertiary/aromatic N) is 1. The maximum atomic E-state index is 5.98. The van der Waals surface area contributed by atoms with Crippen LogP contribution in [-0.4, -0.2) is 18.1 Å². The number of hydrogen-bond donors (Lipinski definition) is 1. The summed E-state index contributed by atoms with van der Waals surface area (Å²) in [6.07, 6.45) is 7.60. The summed E-state index contributed by atoms with van der Waals surface area (Å²) < 4.78 is 5.98. The minimum Gasteiger partial charge on any atom is -0.473 e. The summed E-state index contributed by atoms with van der Waals surface area (Å²) in [7, 11) is 0. The molecule has 0 atom stereocenters. The third-order valence-corrected chi connectivity index (χ3v) is 4.83. The van der Waals surface area contributed by atoms with Gasteiger partial charge in [0.2, 0.25) is 5.88 Å². The normalized spacial score (nSPS) is 15.6. The van der Waals surface area contributed by atoms with Crippen LogP contribution in [-0.2, 0) is 13.0 Å². The highest BCUT2D eigenvalue weighted by Crippen LogP contribution is 2.25. The summed E-state index contributed by atoms with van der Waals surface area (Å²) in [5.41, 5.74) is 4.99. The number of piperidine rings is 1. The molecule has 0 spiro atoms. The van der Waals surface area contributed by atoms with Crippen molar-refractivity contribution in [3.63, 3.8) is 0 Å². The van der Waals surface area contributed by atoms with Gasteiger partial charge in [-0.05, 0) is 68.1 Å². The number of aromatic nitrogens is 1. The monoisotopic (exact) mass is 336 g/mol. The number of benzene rings is 1. The lowest BCUT2D eigenvalue weighted by atomic mass is 9.94. The average Bonchev–Trinajstić information content (AvgIpc) is 2.68. The van der Waals surface area contributed by atoms with Gasteiger partial charge in [-0.2, -0.15) is 0 Å². The fourth-order valence-corrected chi connectivity index (χ4v) is 3.40. The second-order valence-corrected chi connectivity index (χ2v) is 6.60. The van der Waals surface area contributed by atoms with Crippen molar-refractivity contribution in [2.75, 3.05) is 13.1 Å². The molecule has 2 heterocycles. The van der Waals surface area contributed by atoms with Crippen LogP contribution in [0.15, 0.2) is 42.5 Å². The van der Waals surface area contributed by atoms with Crippen LogP contribution in [0.2, 0.25) is 0 Å². The molecule has 1 aromatic heterocycles. The number of nitrogens with one attached hydrogen (secondary N) is 1. The Balaban J connectivity index is 1.68. The van der Waals surface area contributed by atoms with E-state index in [4.69, 9.17) is 9.72 Å². The van der Waals surface area contributed by atoms with Crippen LogP contribution in [0.5, 0.6) is 5.88 Å². The number of ether oxygens (including phenoxy) is 1. The first kappa shape index (κ1) is 17.7. The summed E-state index contributed by atoms with van der Waals surface area (Å²) >= 11 is 0. The lowest BCUT2D eigenvalue weighted by molar-refractivity contribution is 0.291. The van der Waals surface area contributed by atoms with Crippen LogP contribution in [0.25, 0.3) is 6.08 Å². The van der Waals surface area contributed by atoms with Gasteiger partial charge in [0.15, 0.2) is 0 Å². The van der Waals surface area contributed by atoms with Crippen LogP contribution in [0, 0.1) is 0 Å². The smallest absolute Gasteiger partial charge is 0.213 e. The van der Waals surface area contributed by atoms with Gasteiger partial charge >= 0.3 is 0 Å². The van der Waals surface area contributed by atoms with Gasteiger partial charge in [-0.15, -0.1) is 0 Å². The molecule has 0 aliphatic carbocycles. The largest absolute Gasteiger partial charge is 0.473 e. The zero-order valence-corrected chi connectivity index (χ0v) is 15.3. The van der Waals surface area contributed by atoms with Crippen LogP contribution in [0.3, 0.4) is 0 Å². The fraction of sp³-hybridized carbons (Fsp3) is 0.409. The van der Waals surface area contributed by atoms with E-state index in [9.17, 15) is 0 Å². The molecular formula is C22H28N2O. The van der Waals surface area contributed by atoms with Crippen molar-refractivity contribution in [1.82, 2.24) is 10.3 Å². The lowest BCUT2D eigenvalue weighted by Crippen LogP contribution is -2.27. The maximum absolute atomic E-state index is 5.98. The molecule has 3 nitrogen and oxygen atoms in total. The van der Waals surface area contributed by atoms with E-state index < -0.39 is 0 Å². The van der Waals surface area contributed by atoms with Gasteiger partial charge in [0.1, 0.15) is 6.61 Å². The Morgan fingerprint density at radius 1 is 1.20 bits per heavy atom. The van der Waals surface area contributed by atoms with E-state index in [1.54, 1.807) is 0 Å². The van der Waals surface area contributed by atoms with Gasteiger partial charge in [-0.1, -0.05) is 37.3 Å². The molecule has 0 bridgehead atoms. The fourth-order valence-electron chi connectivity index (χ4n) is 3.40. The van der Waals surface area contributed by atoms with Crippen molar-refractivity contribution >= 4 is 6.08 Å². The number of rotatable bonds is 6. The Bertz CT molecular complexity index is 718. The van der Waals surface area contributed by atoms with Gasteiger partial charge in [0.25, 0.3) is 0 Å². The van der Waals surface area contributed by atoms with Gasteiger partial charge in [0.05, 0.1) is 0 Å². The lowest BCUT2D eigenvalue weighted by Gasteiger charge is -2.22. The molecule has 2 aromatic rings. The van der Waals surface area contributed by atoms with E-state index in [1.807, 2.05) is 6.07 Å². The van der Waals surface area contributed by atoms with Crippen LogP contribution in [0.4, 0.5) is 0 Å². The Hall–Kier alpha value is -2.13. The summed E-state index contributed by atoms with van der Waals surface area (Å²) in [6.45, 7) is 6.95. The molecule has 1 aliphatic rings. The Labute approximate surface area is 151 Å². The van der Waals surface area contributed by atoms with Crippen molar-refractivity contribution in [3.05, 3.63) is 64.9 Å². The zero-order valence-electron chi connectivity index (χ0n) is 15.3. The number of allylic oxidation sites excluding steroid dienone is 1. The molecule has 1 N–H and O–H groups in total. The number of aryl methyl sites for hydroxylation is 1. The van der Waals surface area contributed by atoms with Crippen molar-refractivity contribution in [2.24, 2.45) is 0 Å². The van der Waals surface area contributed by atoms with Crippen LogP contribution >= 0.6 is 0 Å². The van der Waals surface area contributed by atoms with Crippen molar-refractivity contribution in [1.29, 1.82) is 0 Å². The third-order valence-electron chi connectivity index (χ3n) is 4.83. The SMILES string of the molecule is C/C=C\c1cc(COc2cccc(C3CCNCC3)n2)ccc1CC. The van der Waals surface area contributed by atoms with Crippen molar-refractivity contribution < 1.29 is 4.74 Å². The van der Waals surface area contributed by atoms with E-state index in [0.29, 0.717) is 12.5 Å². The predicted octanol–water partition coefficient (Wildman–Crippen LogP) is 4.72. The molecule has 25 heavy (non-hydrogen) atoms. The minimum atomic E-state index is 0.551. The summed E-state index contributed by atoms with van der Waals surface area (Å²) in [5.74, 6) is 1.28. The number of hydrogen-bond acceptors (Lipinski definition) is 3. The molecule has 0 radical (unpaired) electrons. The molecule has 1 saturated heterocycles. The Kier molecular flexibility index (Phi) is 6.24. The predicted molar refractivity (Wildman–Crippen MR) is 104 cm³/mol. The first-order valence-electron chi connectivity index (χ1n) is 9.35. The highest BCUT2D eigenvalue weighted by Gasteiger charge is 2.16. The van der Waals surface area contributed by atoms with Gasteiger partial charge in [0, 0.05) is 17.7 Å². The van der Waals surface area contributed by atoms with Crippen LogP contribution in [0.1, 0.15) is 55.0 Å². The standard InChI is InChI=1S/C22H28N2O/c1-3-6-20-15-17(9-10-18(20)4-2)16-25-22-8-5-7-21(24-22)19-11-13-23-14-12-19/h3,5-10,15,19,23H,4,11-14,16H2,1-2H3/b6-3-. The van der Waals surface area contributed by atoms with E-state index in [-0.39, 0.29) is 0 Å². The van der Waals surface area contributed by atoms with Gasteiger partial charge < -0.3 is 10.1 Å². The van der Waals surface area contributed by atoms with E-state index in [1.165, 1.54) is 16.7 Å². The Morgan fingerprint density at radius 3 is 2.80 bits per heavy atom. The summed E-state index contributed by atoms with van der Waals surface area (Å²) in [6, 6.07) is 12.7. The molecule has 132 valence electrons. The molecule has 0 amide bonds. The molecular weight excluding hydrogens is 308 g/mol. The molecule has 0 unspecified atom stereocenters. The second kappa shape index (κ2) is 8.82. The Morgan fingerprint density at radius 2 is 2.04 bits per heavy atom. The molecule has 1 fully saturated rings. The summed E-state index contributed by atoms with van der Waals surface area (Å²) in [4.78, 5) is 4.74. The zero-order chi connectivity index (χ0) is 17.5. The van der Waals surface area contributed by atoms with E-state index in [2.05, 4.69) is 61.6 Å². The van der Waals surface area contributed by atoms with E-state index >= 15 is 0 Å². The second-order valence-electron chi connectivity index (χ2n) is 6.60. The quantitative estimate of drug-likeness (QED) is 0.828. The van der Waals surface area contributed by atoms with Crippen molar-refractivity contribution in [3.8, 4) is 5.88 Å². The molecule has 3 heteroatoms. The first-order valence-corrected chi connectivity index (χ1v) is 9.35. The average molecular weight is 336 g/mol. The number of pyridine rings is 1. The molecule has 1 aromatic carbocycles. The molecule has 0 saturated carbocycles. The van der Waals surface area contributed by atoms with Gasteiger partial charge in [-0.3, -0.25) is 0 Å². The topological polar surface area (TPSA) is 34.1 Å². The molecule has 3 rings (SSSR count). The van der Waals surface area contributed by atoms with Gasteiger partial charge in [-0.25, -0.2) is 4.98 Å². The third kappa shape index (κ3) is 4.70. The van der Waals surface area contributed by atoms with Crippen LogP contribution < -0.4 is 10.1 Å². The highest BCUT2D eigenvalue weighted by atomic mass is 16.5.